The molecule has 1 aliphatic heterocycles. The van der Waals surface area contributed by atoms with E-state index in [4.69, 9.17) is 9.47 Å². The number of halogens is 4. The number of hydrogen-bond donors (Lipinski definition) is 0. The van der Waals surface area contributed by atoms with Gasteiger partial charge in [-0.1, -0.05) is 15.9 Å². The van der Waals surface area contributed by atoms with Crippen LogP contribution in [-0.2, 0) is 15.7 Å². The smallest absolute Gasteiger partial charge is 0.417 e. The first kappa shape index (κ1) is 22.0. The van der Waals surface area contributed by atoms with Crippen molar-refractivity contribution in [3.05, 3.63) is 28.2 Å². The minimum absolute atomic E-state index is 0.0110. The molecule has 2 rings (SSSR count). The van der Waals surface area contributed by atoms with Gasteiger partial charge < -0.3 is 9.47 Å². The lowest BCUT2D eigenvalue weighted by Gasteiger charge is -2.31. The van der Waals surface area contributed by atoms with Crippen molar-refractivity contribution in [1.82, 2.24) is 4.90 Å². The Labute approximate surface area is 166 Å². The molecule has 0 bridgehead atoms. The molecule has 1 saturated heterocycles. The second kappa shape index (κ2) is 10.3. The number of piperidine rings is 1. The molecule has 4 nitrogen and oxygen atoms in total. The number of rotatable bonds is 8. The lowest BCUT2D eigenvalue weighted by Crippen LogP contribution is -2.38. The van der Waals surface area contributed by atoms with E-state index in [9.17, 15) is 18.0 Å². The van der Waals surface area contributed by atoms with Crippen LogP contribution in [0.5, 0.6) is 5.75 Å². The summed E-state index contributed by atoms with van der Waals surface area (Å²) in [6, 6.07) is 3.92. The van der Waals surface area contributed by atoms with E-state index >= 15 is 0 Å². The number of ether oxygens (including phenoxy) is 2. The van der Waals surface area contributed by atoms with Crippen LogP contribution in [0, 0.1) is 5.92 Å². The second-order valence-corrected chi connectivity index (χ2v) is 7.51. The highest BCUT2D eigenvalue weighted by atomic mass is 79.9. The second-order valence-electron chi connectivity index (χ2n) is 6.65. The molecule has 152 valence electrons. The first-order chi connectivity index (χ1) is 12.8. The van der Waals surface area contributed by atoms with E-state index in [0.717, 1.165) is 44.8 Å². The summed E-state index contributed by atoms with van der Waals surface area (Å²) in [5.74, 6) is 0.606. The Balaban J connectivity index is 1.67. The molecule has 0 amide bonds. The van der Waals surface area contributed by atoms with Gasteiger partial charge in [0.05, 0.1) is 25.3 Å². The van der Waals surface area contributed by atoms with Crippen molar-refractivity contribution in [2.45, 2.75) is 38.8 Å². The number of likely N-dealkylation sites (tertiary alicyclic amines) is 1. The quantitative estimate of drug-likeness (QED) is 0.416. The summed E-state index contributed by atoms with van der Waals surface area (Å²) in [4.78, 5) is 13.6. The molecule has 0 saturated carbocycles. The fourth-order valence-electron chi connectivity index (χ4n) is 3.20. The first-order valence-corrected chi connectivity index (χ1v) is 9.96. The summed E-state index contributed by atoms with van der Waals surface area (Å²) in [6.45, 7) is 4.66. The van der Waals surface area contributed by atoms with Gasteiger partial charge in [0, 0.05) is 4.47 Å². The van der Waals surface area contributed by atoms with Gasteiger partial charge in [-0.15, -0.1) is 0 Å². The zero-order chi connectivity index (χ0) is 19.9. The zero-order valence-electron chi connectivity index (χ0n) is 15.4. The van der Waals surface area contributed by atoms with Gasteiger partial charge >= 0.3 is 12.1 Å². The van der Waals surface area contributed by atoms with E-state index in [0.29, 0.717) is 25.7 Å². The number of benzene rings is 1. The third-order valence-corrected chi connectivity index (χ3v) is 5.33. The fraction of sp³-hybridized carbons (Fsp3) is 0.632. The molecule has 1 aliphatic rings. The van der Waals surface area contributed by atoms with Gasteiger partial charge in [0.2, 0.25) is 0 Å². The predicted octanol–water partition coefficient (Wildman–Crippen LogP) is 4.90. The van der Waals surface area contributed by atoms with Gasteiger partial charge in [0.25, 0.3) is 0 Å². The molecular weight excluding hydrogens is 427 g/mol. The molecule has 0 spiro atoms. The molecule has 1 aromatic rings. The molecule has 1 aromatic carbocycles. The number of hydrogen-bond acceptors (Lipinski definition) is 4. The number of alkyl halides is 3. The molecule has 0 N–H and O–H groups in total. The van der Waals surface area contributed by atoms with Crippen molar-refractivity contribution in [2.75, 3.05) is 32.8 Å². The molecule has 0 aliphatic carbocycles. The Morgan fingerprint density at radius 3 is 2.63 bits per heavy atom. The van der Waals surface area contributed by atoms with Crippen molar-refractivity contribution in [3.8, 4) is 5.75 Å². The van der Waals surface area contributed by atoms with Crippen LogP contribution in [-0.4, -0.2) is 43.7 Å². The van der Waals surface area contributed by atoms with Crippen molar-refractivity contribution >= 4 is 21.9 Å². The van der Waals surface area contributed by atoms with Crippen LogP contribution < -0.4 is 4.74 Å². The van der Waals surface area contributed by atoms with Crippen LogP contribution in [0.25, 0.3) is 0 Å². The summed E-state index contributed by atoms with van der Waals surface area (Å²) in [7, 11) is 0. The molecule has 0 unspecified atom stereocenters. The van der Waals surface area contributed by atoms with E-state index in [1.165, 1.54) is 12.1 Å². The average molecular weight is 452 g/mol. The summed E-state index contributed by atoms with van der Waals surface area (Å²) < 4.78 is 49.2. The molecular formula is C19H25BrF3NO3. The maximum atomic E-state index is 12.9. The van der Waals surface area contributed by atoms with E-state index in [1.54, 1.807) is 6.92 Å². The van der Waals surface area contributed by atoms with Crippen molar-refractivity contribution < 1.29 is 27.4 Å². The minimum atomic E-state index is -4.41. The van der Waals surface area contributed by atoms with Crippen LogP contribution in [0.3, 0.4) is 0 Å². The van der Waals surface area contributed by atoms with E-state index in [-0.39, 0.29) is 16.2 Å². The predicted molar refractivity (Wildman–Crippen MR) is 99.7 cm³/mol. The molecule has 1 fully saturated rings. The summed E-state index contributed by atoms with van der Waals surface area (Å²) in [6.07, 6.45) is -0.628. The molecule has 1 heterocycles. The molecule has 0 radical (unpaired) electrons. The molecule has 0 atom stereocenters. The maximum absolute atomic E-state index is 12.9. The van der Waals surface area contributed by atoms with Gasteiger partial charge in [-0.2, -0.15) is 13.2 Å². The molecule has 27 heavy (non-hydrogen) atoms. The number of carbonyl (C=O) groups excluding carboxylic acids is 1. The monoisotopic (exact) mass is 451 g/mol. The van der Waals surface area contributed by atoms with E-state index in [1.807, 2.05) is 0 Å². The van der Waals surface area contributed by atoms with Gasteiger partial charge in [0.15, 0.2) is 0 Å². The first-order valence-electron chi connectivity index (χ1n) is 9.17. The van der Waals surface area contributed by atoms with Crippen LogP contribution in [0.4, 0.5) is 13.2 Å². The lowest BCUT2D eigenvalue weighted by atomic mass is 9.92. The van der Waals surface area contributed by atoms with Crippen LogP contribution >= 0.6 is 15.9 Å². The highest BCUT2D eigenvalue weighted by Gasteiger charge is 2.33. The third kappa shape index (κ3) is 7.33. The third-order valence-electron chi connectivity index (χ3n) is 4.63. The SMILES string of the molecule is CCOC(=O)CN1CCC(CCCOc2ccc(Br)c(C(F)(F)F)c2)CC1. The van der Waals surface area contributed by atoms with E-state index in [2.05, 4.69) is 20.8 Å². The topological polar surface area (TPSA) is 38.8 Å². The zero-order valence-corrected chi connectivity index (χ0v) is 16.9. The number of nitrogens with zero attached hydrogens (tertiary/aromatic N) is 1. The highest BCUT2D eigenvalue weighted by Crippen LogP contribution is 2.37. The average Bonchev–Trinajstić information content (AvgIpc) is 2.60. The van der Waals surface area contributed by atoms with Crippen LogP contribution in [0.1, 0.15) is 38.2 Å². The minimum Gasteiger partial charge on any atom is -0.494 e. The highest BCUT2D eigenvalue weighted by molar-refractivity contribution is 9.10. The number of esters is 1. The Morgan fingerprint density at radius 2 is 2.00 bits per heavy atom. The fourth-order valence-corrected chi connectivity index (χ4v) is 3.67. The van der Waals surface area contributed by atoms with Crippen LogP contribution in [0.2, 0.25) is 0 Å². The standard InChI is InChI=1S/C19H25BrF3NO3/c1-2-26-18(25)13-24-9-7-14(8-10-24)4-3-11-27-15-5-6-17(20)16(12-15)19(21,22)23/h5-6,12,14H,2-4,7-11,13H2,1H3. The number of carbonyl (C=O) groups is 1. The summed E-state index contributed by atoms with van der Waals surface area (Å²) in [5.41, 5.74) is -0.728. The molecule has 0 aromatic heterocycles. The lowest BCUT2D eigenvalue weighted by molar-refractivity contribution is -0.144. The largest absolute Gasteiger partial charge is 0.494 e. The Morgan fingerprint density at radius 1 is 1.30 bits per heavy atom. The van der Waals surface area contributed by atoms with Crippen molar-refractivity contribution in [2.24, 2.45) is 5.92 Å². The van der Waals surface area contributed by atoms with Gasteiger partial charge in [-0.25, -0.2) is 0 Å². The Hall–Kier alpha value is -1.28. The van der Waals surface area contributed by atoms with Gasteiger partial charge in [0.1, 0.15) is 5.75 Å². The van der Waals surface area contributed by atoms with Gasteiger partial charge in [-0.05, 0) is 69.8 Å². The summed E-state index contributed by atoms with van der Waals surface area (Å²) >= 11 is 2.92. The van der Waals surface area contributed by atoms with Crippen molar-refractivity contribution in [3.63, 3.8) is 0 Å². The normalized spacial score (nSPS) is 16.3. The summed E-state index contributed by atoms with van der Waals surface area (Å²) in [5, 5.41) is 0. The van der Waals surface area contributed by atoms with Crippen LogP contribution in [0.15, 0.2) is 22.7 Å². The van der Waals surface area contributed by atoms with Crippen molar-refractivity contribution in [1.29, 1.82) is 0 Å². The van der Waals surface area contributed by atoms with E-state index < -0.39 is 11.7 Å². The maximum Gasteiger partial charge on any atom is 0.417 e. The van der Waals surface area contributed by atoms with Gasteiger partial charge in [-0.3, -0.25) is 9.69 Å². The Kier molecular flexibility index (Phi) is 8.41. The Bertz CT molecular complexity index is 617. The molecule has 8 heteroatoms.